The molecule has 2 rings (SSSR count). The molecule has 1 aliphatic heterocycles. The second-order valence-corrected chi connectivity index (χ2v) is 4.93. The zero-order valence-corrected chi connectivity index (χ0v) is 10.9. The lowest BCUT2D eigenvalue weighted by molar-refractivity contribution is -0.384. The van der Waals surface area contributed by atoms with Gasteiger partial charge in [-0.3, -0.25) is 10.1 Å². The molecule has 6 heteroatoms. The molecule has 0 radical (unpaired) electrons. The molecule has 1 aliphatic rings. The molecule has 0 aromatic heterocycles. The Hall–Kier alpha value is -1.69. The van der Waals surface area contributed by atoms with Crippen LogP contribution in [0.3, 0.4) is 0 Å². The third-order valence-corrected chi connectivity index (χ3v) is 3.66. The zero-order chi connectivity index (χ0) is 14.0. The first kappa shape index (κ1) is 13.7. The summed E-state index contributed by atoms with van der Waals surface area (Å²) in [7, 11) is 0. The van der Waals surface area contributed by atoms with Gasteiger partial charge in [-0.2, -0.15) is 0 Å². The average molecular weight is 267 g/mol. The van der Waals surface area contributed by atoms with Crippen LogP contribution in [0.15, 0.2) is 12.1 Å². The first-order valence-electron chi connectivity index (χ1n) is 6.46. The topological polar surface area (TPSA) is 72.4 Å². The highest BCUT2D eigenvalue weighted by Crippen LogP contribution is 2.34. The Labute approximate surface area is 111 Å². The predicted molar refractivity (Wildman–Crippen MR) is 71.8 cm³/mol. The molecule has 19 heavy (non-hydrogen) atoms. The third-order valence-electron chi connectivity index (χ3n) is 3.66. The van der Waals surface area contributed by atoms with E-state index >= 15 is 0 Å². The number of benzene rings is 1. The Morgan fingerprint density at radius 2 is 2.26 bits per heavy atom. The highest BCUT2D eigenvalue weighted by Gasteiger charge is 2.28. The Bertz CT molecular complexity index is 493. The van der Waals surface area contributed by atoms with E-state index in [1.807, 2.05) is 4.90 Å². The number of nitro benzene ring substituents is 1. The maximum absolute atomic E-state index is 13.5. The largest absolute Gasteiger partial charge is 0.362 e. The standard InChI is InChI=1S/C13H18FN3O2/c1-9-6-12(13(17(18)19)7-11(9)14)16-5-3-2-4-10(16)8-15/h6-7,10H,2-5,8,15H2,1H3. The number of halogens is 1. The Morgan fingerprint density at radius 1 is 1.53 bits per heavy atom. The summed E-state index contributed by atoms with van der Waals surface area (Å²) in [5.41, 5.74) is 6.47. The summed E-state index contributed by atoms with van der Waals surface area (Å²) in [6.07, 6.45) is 2.97. The van der Waals surface area contributed by atoms with Crippen LogP contribution >= 0.6 is 0 Å². The molecule has 0 aliphatic carbocycles. The highest BCUT2D eigenvalue weighted by atomic mass is 19.1. The zero-order valence-electron chi connectivity index (χ0n) is 10.9. The van der Waals surface area contributed by atoms with Crippen LogP contribution in [0.4, 0.5) is 15.8 Å². The van der Waals surface area contributed by atoms with E-state index in [2.05, 4.69) is 0 Å². The number of nitrogens with two attached hydrogens (primary N) is 1. The maximum Gasteiger partial charge on any atom is 0.295 e. The molecular formula is C13H18FN3O2. The predicted octanol–water partition coefficient (Wildman–Crippen LogP) is 2.36. The van der Waals surface area contributed by atoms with Crippen molar-refractivity contribution < 1.29 is 9.31 Å². The van der Waals surface area contributed by atoms with Crippen molar-refractivity contribution in [1.29, 1.82) is 0 Å². The first-order chi connectivity index (χ1) is 9.04. The molecule has 1 unspecified atom stereocenters. The van der Waals surface area contributed by atoms with Gasteiger partial charge in [-0.15, -0.1) is 0 Å². The lowest BCUT2D eigenvalue weighted by Crippen LogP contribution is -2.44. The van der Waals surface area contributed by atoms with E-state index in [0.29, 0.717) is 17.8 Å². The molecule has 1 atom stereocenters. The lowest BCUT2D eigenvalue weighted by atomic mass is 10.00. The van der Waals surface area contributed by atoms with E-state index in [1.165, 1.54) is 0 Å². The number of anilines is 1. The highest BCUT2D eigenvalue weighted by molar-refractivity contribution is 5.65. The van der Waals surface area contributed by atoms with Crippen LogP contribution in [0.1, 0.15) is 24.8 Å². The molecule has 5 nitrogen and oxygen atoms in total. The third kappa shape index (κ3) is 2.68. The van der Waals surface area contributed by atoms with E-state index in [4.69, 9.17) is 5.73 Å². The molecule has 2 N–H and O–H groups in total. The monoisotopic (exact) mass is 267 g/mol. The van der Waals surface area contributed by atoms with Crippen LogP contribution in [-0.4, -0.2) is 24.1 Å². The summed E-state index contributed by atoms with van der Waals surface area (Å²) in [5, 5.41) is 11.1. The molecule has 1 saturated heterocycles. The molecule has 104 valence electrons. The van der Waals surface area contributed by atoms with Gasteiger partial charge in [0.05, 0.1) is 11.0 Å². The van der Waals surface area contributed by atoms with Crippen molar-refractivity contribution in [2.75, 3.05) is 18.0 Å². The summed E-state index contributed by atoms with van der Waals surface area (Å²) >= 11 is 0. The van der Waals surface area contributed by atoms with Crippen LogP contribution in [0.25, 0.3) is 0 Å². The molecule has 1 aromatic rings. The molecule has 1 heterocycles. The van der Waals surface area contributed by atoms with Gasteiger partial charge >= 0.3 is 0 Å². The van der Waals surface area contributed by atoms with E-state index in [0.717, 1.165) is 31.9 Å². The van der Waals surface area contributed by atoms with E-state index in [1.54, 1.807) is 13.0 Å². The fourth-order valence-electron chi connectivity index (χ4n) is 2.59. The van der Waals surface area contributed by atoms with Gasteiger partial charge in [0.2, 0.25) is 0 Å². The molecule has 0 spiro atoms. The van der Waals surface area contributed by atoms with E-state index < -0.39 is 10.7 Å². The molecule has 0 bridgehead atoms. The van der Waals surface area contributed by atoms with E-state index in [9.17, 15) is 14.5 Å². The van der Waals surface area contributed by atoms with Gasteiger partial charge in [-0.05, 0) is 37.8 Å². The number of rotatable bonds is 3. The molecule has 0 saturated carbocycles. The summed E-state index contributed by atoms with van der Waals surface area (Å²) in [6, 6.07) is 2.66. The second-order valence-electron chi connectivity index (χ2n) is 4.93. The fraction of sp³-hybridized carbons (Fsp3) is 0.538. The Kier molecular flexibility index (Phi) is 3.99. The Morgan fingerprint density at radius 3 is 2.89 bits per heavy atom. The number of piperidine rings is 1. The maximum atomic E-state index is 13.5. The summed E-state index contributed by atoms with van der Waals surface area (Å²) in [4.78, 5) is 12.5. The van der Waals surface area contributed by atoms with Crippen LogP contribution < -0.4 is 10.6 Å². The number of hydrogen-bond donors (Lipinski definition) is 1. The van der Waals surface area contributed by atoms with Crippen molar-refractivity contribution in [2.45, 2.75) is 32.2 Å². The summed E-state index contributed by atoms with van der Waals surface area (Å²) in [5.74, 6) is -0.545. The van der Waals surface area contributed by atoms with Gasteiger partial charge in [0.15, 0.2) is 0 Å². The molecule has 1 aromatic carbocycles. The van der Waals surface area contributed by atoms with Crippen LogP contribution in [0, 0.1) is 22.9 Å². The number of aryl methyl sites for hydroxylation is 1. The van der Waals surface area contributed by atoms with Gasteiger partial charge in [-0.1, -0.05) is 0 Å². The van der Waals surface area contributed by atoms with Crippen molar-refractivity contribution in [3.8, 4) is 0 Å². The van der Waals surface area contributed by atoms with Gasteiger partial charge in [0.25, 0.3) is 5.69 Å². The minimum absolute atomic E-state index is 0.0947. The van der Waals surface area contributed by atoms with Crippen molar-refractivity contribution >= 4 is 11.4 Å². The van der Waals surface area contributed by atoms with Crippen molar-refractivity contribution in [2.24, 2.45) is 5.73 Å². The minimum Gasteiger partial charge on any atom is -0.362 e. The average Bonchev–Trinajstić information content (AvgIpc) is 2.41. The second kappa shape index (κ2) is 5.52. The Balaban J connectivity index is 2.47. The van der Waals surface area contributed by atoms with Gasteiger partial charge in [0.1, 0.15) is 11.5 Å². The van der Waals surface area contributed by atoms with Gasteiger partial charge < -0.3 is 10.6 Å². The lowest BCUT2D eigenvalue weighted by Gasteiger charge is -2.36. The smallest absolute Gasteiger partial charge is 0.295 e. The number of nitro groups is 1. The van der Waals surface area contributed by atoms with Crippen molar-refractivity contribution in [3.63, 3.8) is 0 Å². The van der Waals surface area contributed by atoms with Crippen molar-refractivity contribution in [3.05, 3.63) is 33.6 Å². The summed E-state index contributed by atoms with van der Waals surface area (Å²) < 4.78 is 13.5. The molecular weight excluding hydrogens is 249 g/mol. The molecule has 0 amide bonds. The quantitative estimate of drug-likeness (QED) is 0.674. The van der Waals surface area contributed by atoms with Crippen LogP contribution in [-0.2, 0) is 0 Å². The minimum atomic E-state index is -0.545. The fourth-order valence-corrected chi connectivity index (χ4v) is 2.59. The van der Waals surface area contributed by atoms with E-state index in [-0.39, 0.29) is 11.7 Å². The normalized spacial score (nSPS) is 19.5. The first-order valence-corrected chi connectivity index (χ1v) is 6.46. The van der Waals surface area contributed by atoms with Crippen LogP contribution in [0.2, 0.25) is 0 Å². The number of hydrogen-bond acceptors (Lipinski definition) is 4. The summed E-state index contributed by atoms with van der Waals surface area (Å²) in [6.45, 7) is 2.80. The van der Waals surface area contributed by atoms with Crippen LogP contribution in [0.5, 0.6) is 0 Å². The van der Waals surface area contributed by atoms with Gasteiger partial charge in [-0.25, -0.2) is 4.39 Å². The molecule has 1 fully saturated rings. The number of nitrogens with zero attached hydrogens (tertiary/aromatic N) is 2. The van der Waals surface area contributed by atoms with Crippen molar-refractivity contribution in [1.82, 2.24) is 0 Å². The van der Waals surface area contributed by atoms with Gasteiger partial charge in [0, 0.05) is 19.1 Å². The SMILES string of the molecule is Cc1cc(N2CCCCC2CN)c([N+](=O)[O-])cc1F.